The second-order valence-corrected chi connectivity index (χ2v) is 8.41. The number of ether oxygens (including phenoxy) is 1. The second kappa shape index (κ2) is 9.41. The summed E-state index contributed by atoms with van der Waals surface area (Å²) in [7, 11) is 0. The van der Waals surface area contributed by atoms with Crippen molar-refractivity contribution in [3.63, 3.8) is 0 Å². The normalized spacial score (nSPS) is 11.4. The van der Waals surface area contributed by atoms with Crippen molar-refractivity contribution in [2.45, 2.75) is 6.54 Å². The van der Waals surface area contributed by atoms with E-state index in [1.807, 2.05) is 79.0 Å². The molecule has 0 spiro atoms. The molecule has 2 aromatic heterocycles. The zero-order valence-corrected chi connectivity index (χ0v) is 18.9. The highest BCUT2D eigenvalue weighted by Crippen LogP contribution is 2.28. The van der Waals surface area contributed by atoms with Gasteiger partial charge < -0.3 is 14.4 Å². The molecule has 6 heteroatoms. The molecule has 0 fully saturated rings. The molecule has 0 amide bonds. The number of carbonyl (C=O) groups is 1. The monoisotopic (exact) mass is 468 g/mol. The molecule has 5 nitrogen and oxygen atoms in total. The van der Waals surface area contributed by atoms with Gasteiger partial charge in [-0.05, 0) is 53.6 Å². The summed E-state index contributed by atoms with van der Waals surface area (Å²) in [6.45, 7) is 0.255. The molecule has 0 unspecified atom stereocenters. The fourth-order valence-electron chi connectivity index (χ4n) is 3.99. The van der Waals surface area contributed by atoms with E-state index in [4.69, 9.17) is 21.4 Å². The molecule has 2 heterocycles. The summed E-state index contributed by atoms with van der Waals surface area (Å²) < 4.78 is 7.59. The van der Waals surface area contributed by atoms with Crippen molar-refractivity contribution < 1.29 is 14.6 Å². The second-order valence-electron chi connectivity index (χ2n) is 7.97. The van der Waals surface area contributed by atoms with Gasteiger partial charge in [0, 0.05) is 28.5 Å². The average Bonchev–Trinajstić information content (AvgIpc) is 3.24. The van der Waals surface area contributed by atoms with E-state index >= 15 is 0 Å². The van der Waals surface area contributed by atoms with E-state index in [9.17, 15) is 4.79 Å². The van der Waals surface area contributed by atoms with Crippen LogP contribution < -0.4 is 4.74 Å². The minimum Gasteiger partial charge on any atom is -0.480 e. The summed E-state index contributed by atoms with van der Waals surface area (Å²) in [5, 5.41) is 11.7. The lowest BCUT2D eigenvalue weighted by Crippen LogP contribution is -2.10. The number of carboxylic acids is 1. The lowest BCUT2D eigenvalue weighted by atomic mass is 10.1. The van der Waals surface area contributed by atoms with Crippen LogP contribution in [-0.4, -0.2) is 27.2 Å². The quantitative estimate of drug-likeness (QED) is 0.295. The minimum atomic E-state index is -1.00. The molecule has 168 valence electrons. The molecule has 0 radical (unpaired) electrons. The van der Waals surface area contributed by atoms with Crippen LogP contribution in [0.25, 0.3) is 34.0 Å². The predicted molar refractivity (Wildman–Crippen MR) is 136 cm³/mol. The van der Waals surface area contributed by atoms with Gasteiger partial charge in [-0.1, -0.05) is 60.1 Å². The predicted octanol–water partition coefficient (Wildman–Crippen LogP) is 6.53. The van der Waals surface area contributed by atoms with Crippen LogP contribution in [0.1, 0.15) is 16.8 Å². The summed E-state index contributed by atoms with van der Waals surface area (Å²) in [6, 6.07) is 25.6. The maximum Gasteiger partial charge on any atom is 0.341 e. The molecule has 0 atom stereocenters. The Morgan fingerprint density at radius 3 is 2.71 bits per heavy atom. The molecule has 3 aromatic carbocycles. The van der Waals surface area contributed by atoms with Gasteiger partial charge in [-0.25, -0.2) is 9.78 Å². The van der Waals surface area contributed by atoms with Crippen molar-refractivity contribution in [2.24, 2.45) is 0 Å². The van der Waals surface area contributed by atoms with Crippen molar-refractivity contribution in [3.05, 3.63) is 107 Å². The van der Waals surface area contributed by atoms with E-state index in [1.165, 1.54) is 0 Å². The largest absolute Gasteiger partial charge is 0.480 e. The van der Waals surface area contributed by atoms with Crippen molar-refractivity contribution >= 4 is 51.5 Å². The van der Waals surface area contributed by atoms with E-state index in [2.05, 4.69) is 21.7 Å². The molecular formula is C28H21ClN2O3. The number of carboxylic acid groups (broad SMARTS) is 1. The number of aromatic nitrogens is 2. The molecule has 1 N–H and O–H groups in total. The summed E-state index contributed by atoms with van der Waals surface area (Å²) >= 11 is 6.10. The summed E-state index contributed by atoms with van der Waals surface area (Å²) in [6.07, 6.45) is 6.02. The average molecular weight is 469 g/mol. The van der Waals surface area contributed by atoms with Crippen LogP contribution in [0.3, 0.4) is 0 Å². The Morgan fingerprint density at radius 1 is 0.971 bits per heavy atom. The van der Waals surface area contributed by atoms with Gasteiger partial charge in [0.2, 0.25) is 0 Å². The first-order valence-corrected chi connectivity index (χ1v) is 11.2. The Balaban J connectivity index is 1.39. The van der Waals surface area contributed by atoms with Gasteiger partial charge >= 0.3 is 5.97 Å². The molecule has 0 saturated heterocycles. The smallest absolute Gasteiger partial charge is 0.341 e. The summed E-state index contributed by atoms with van der Waals surface area (Å²) in [5.74, 6) is -0.443. The first kappa shape index (κ1) is 21.7. The lowest BCUT2D eigenvalue weighted by molar-refractivity contribution is -0.139. The Morgan fingerprint density at radius 2 is 1.82 bits per heavy atom. The number of rotatable bonds is 7. The van der Waals surface area contributed by atoms with Crippen molar-refractivity contribution in [1.82, 2.24) is 9.55 Å². The maximum absolute atomic E-state index is 11.0. The van der Waals surface area contributed by atoms with E-state index < -0.39 is 5.97 Å². The van der Waals surface area contributed by atoms with E-state index in [0.717, 1.165) is 38.6 Å². The molecule has 5 rings (SSSR count). The van der Waals surface area contributed by atoms with Crippen LogP contribution >= 0.6 is 11.6 Å². The standard InChI is InChI=1S/C28H21ClN2O3/c29-23-10-8-21-9-12-24(30-25(21)16-23)11-7-19-3-1-4-20(15-19)17-31-14-13-22-5-2-6-26(28(22)31)34-18-27(32)33/h1-16H,17-18H2,(H,32,33). The van der Waals surface area contributed by atoms with Crippen molar-refractivity contribution in [3.8, 4) is 5.75 Å². The Bertz CT molecular complexity index is 1540. The maximum atomic E-state index is 11.0. The van der Waals surface area contributed by atoms with Gasteiger partial charge in [-0.3, -0.25) is 0 Å². The van der Waals surface area contributed by atoms with Gasteiger partial charge in [-0.2, -0.15) is 0 Å². The van der Waals surface area contributed by atoms with Gasteiger partial charge in [0.15, 0.2) is 6.61 Å². The number of para-hydroxylation sites is 1. The summed E-state index contributed by atoms with van der Waals surface area (Å²) in [5.41, 5.74) is 4.78. The van der Waals surface area contributed by atoms with Crippen LogP contribution in [-0.2, 0) is 11.3 Å². The number of halogens is 1. The number of hydrogen-bond donors (Lipinski definition) is 1. The molecule has 0 bridgehead atoms. The Hall–Kier alpha value is -4.09. The van der Waals surface area contributed by atoms with Gasteiger partial charge in [0.1, 0.15) is 5.75 Å². The third-order valence-electron chi connectivity index (χ3n) is 5.53. The number of pyridine rings is 1. The van der Waals surface area contributed by atoms with Gasteiger partial charge in [-0.15, -0.1) is 0 Å². The number of aliphatic carboxylic acids is 1. The third-order valence-corrected chi connectivity index (χ3v) is 5.76. The fraction of sp³-hybridized carbons (Fsp3) is 0.0714. The zero-order valence-electron chi connectivity index (χ0n) is 18.2. The Labute approximate surface area is 201 Å². The van der Waals surface area contributed by atoms with Gasteiger partial charge in [0.25, 0.3) is 0 Å². The van der Waals surface area contributed by atoms with Crippen molar-refractivity contribution in [2.75, 3.05) is 6.61 Å². The molecule has 34 heavy (non-hydrogen) atoms. The minimum absolute atomic E-state index is 0.375. The molecule has 0 aliphatic heterocycles. The van der Waals surface area contributed by atoms with Crippen molar-refractivity contribution in [1.29, 1.82) is 0 Å². The molecular weight excluding hydrogens is 448 g/mol. The Kier molecular flexibility index (Phi) is 6.02. The number of fused-ring (bicyclic) bond motifs is 2. The fourth-order valence-corrected chi connectivity index (χ4v) is 4.15. The topological polar surface area (TPSA) is 64.3 Å². The van der Waals surface area contributed by atoms with Crippen LogP contribution in [0.15, 0.2) is 85.1 Å². The highest BCUT2D eigenvalue weighted by atomic mass is 35.5. The zero-order chi connectivity index (χ0) is 23.5. The lowest BCUT2D eigenvalue weighted by Gasteiger charge is -2.11. The highest BCUT2D eigenvalue weighted by molar-refractivity contribution is 6.31. The molecule has 5 aromatic rings. The first-order valence-electron chi connectivity index (χ1n) is 10.8. The van der Waals surface area contributed by atoms with Gasteiger partial charge in [0.05, 0.1) is 16.7 Å². The van der Waals surface area contributed by atoms with Crippen LogP contribution in [0.5, 0.6) is 5.75 Å². The van der Waals surface area contributed by atoms with E-state index in [1.54, 1.807) is 6.07 Å². The van der Waals surface area contributed by atoms with Crippen LogP contribution in [0.4, 0.5) is 0 Å². The third kappa shape index (κ3) is 4.80. The van der Waals surface area contributed by atoms with Crippen LogP contribution in [0.2, 0.25) is 5.02 Å². The number of hydrogen-bond acceptors (Lipinski definition) is 3. The van der Waals surface area contributed by atoms with Crippen LogP contribution in [0, 0.1) is 0 Å². The number of benzene rings is 3. The van der Waals surface area contributed by atoms with E-state index in [0.29, 0.717) is 17.3 Å². The number of nitrogens with zero attached hydrogens (tertiary/aromatic N) is 2. The summed E-state index contributed by atoms with van der Waals surface area (Å²) in [4.78, 5) is 15.6. The highest BCUT2D eigenvalue weighted by Gasteiger charge is 2.10. The first-order chi connectivity index (χ1) is 16.5. The molecule has 0 saturated carbocycles. The molecule has 0 aliphatic rings. The SMILES string of the molecule is O=C(O)COc1cccc2ccn(Cc3cccc(C=Cc4ccc5ccc(Cl)cc5n4)c3)c12. The van der Waals surface area contributed by atoms with E-state index in [-0.39, 0.29) is 6.61 Å². The molecule has 0 aliphatic carbocycles.